The van der Waals surface area contributed by atoms with E-state index in [1.54, 1.807) is 24.4 Å². The Morgan fingerprint density at radius 3 is 2.70 bits per heavy atom. The predicted molar refractivity (Wildman–Crippen MR) is 125 cm³/mol. The molecule has 2 aromatic heterocycles. The standard InChI is InChI=1S/C24H30N6O3/c25-24-21(13-22(28-29-24)20-3-1-2-4-23(20)31)16-14-27-30(15-16)9-10-32-18-11-19(12-18)33-17-5-7-26-8-6-17/h1-4,13-15,17-19,26,31H,5-12H2,(H2,25,29)/t18-,19-. The maximum Gasteiger partial charge on any atom is 0.154 e. The van der Waals surface area contributed by atoms with Gasteiger partial charge in [-0.3, -0.25) is 4.68 Å². The first-order valence-electron chi connectivity index (χ1n) is 11.6. The van der Waals surface area contributed by atoms with Crippen LogP contribution < -0.4 is 11.1 Å². The number of hydrogen-bond acceptors (Lipinski definition) is 8. The average Bonchev–Trinajstić information content (AvgIpc) is 3.27. The van der Waals surface area contributed by atoms with Crippen molar-refractivity contribution < 1.29 is 14.6 Å². The Morgan fingerprint density at radius 1 is 1.06 bits per heavy atom. The van der Waals surface area contributed by atoms with Crippen molar-refractivity contribution in [1.29, 1.82) is 0 Å². The number of nitrogens with two attached hydrogens (primary N) is 1. The number of para-hydroxylation sites is 1. The van der Waals surface area contributed by atoms with E-state index in [2.05, 4.69) is 20.6 Å². The SMILES string of the molecule is Nc1nnc(-c2ccccc2O)cc1-c1cnn(CCO[C@H]2C[C@H](OC3CCNCC3)C2)c1. The van der Waals surface area contributed by atoms with E-state index in [0.29, 0.717) is 42.4 Å². The third-order valence-electron chi connectivity index (χ3n) is 6.34. The summed E-state index contributed by atoms with van der Waals surface area (Å²) in [6, 6.07) is 8.85. The molecule has 33 heavy (non-hydrogen) atoms. The molecule has 1 aliphatic carbocycles. The molecule has 174 valence electrons. The molecule has 2 aliphatic rings. The third-order valence-corrected chi connectivity index (χ3v) is 6.34. The number of ether oxygens (including phenoxy) is 2. The minimum Gasteiger partial charge on any atom is -0.507 e. The monoisotopic (exact) mass is 450 g/mol. The number of anilines is 1. The molecule has 3 aromatic rings. The van der Waals surface area contributed by atoms with Crippen molar-refractivity contribution in [3.63, 3.8) is 0 Å². The second kappa shape index (κ2) is 9.86. The van der Waals surface area contributed by atoms with Gasteiger partial charge in [0.15, 0.2) is 5.82 Å². The topological polar surface area (TPSA) is 120 Å². The summed E-state index contributed by atoms with van der Waals surface area (Å²) in [5.41, 5.74) is 8.82. The summed E-state index contributed by atoms with van der Waals surface area (Å²) >= 11 is 0. The molecule has 0 spiro atoms. The van der Waals surface area contributed by atoms with Crippen LogP contribution in [0, 0.1) is 0 Å². The normalized spacial score (nSPS) is 21.1. The summed E-state index contributed by atoms with van der Waals surface area (Å²) in [6.45, 7) is 3.36. The van der Waals surface area contributed by atoms with Crippen molar-refractivity contribution >= 4 is 5.82 Å². The zero-order valence-corrected chi connectivity index (χ0v) is 18.6. The van der Waals surface area contributed by atoms with Crippen LogP contribution in [0.15, 0.2) is 42.7 Å². The number of piperidine rings is 1. The van der Waals surface area contributed by atoms with Crippen LogP contribution in [0.1, 0.15) is 25.7 Å². The molecule has 1 saturated carbocycles. The first-order chi connectivity index (χ1) is 16.2. The minimum atomic E-state index is 0.148. The Hall–Kier alpha value is -3.01. The average molecular weight is 451 g/mol. The summed E-state index contributed by atoms with van der Waals surface area (Å²) in [6.07, 6.45) is 8.86. The molecule has 2 fully saturated rings. The van der Waals surface area contributed by atoms with Gasteiger partial charge in [0.1, 0.15) is 5.75 Å². The largest absolute Gasteiger partial charge is 0.507 e. The molecule has 0 bridgehead atoms. The van der Waals surface area contributed by atoms with Crippen LogP contribution in [0.5, 0.6) is 5.75 Å². The highest BCUT2D eigenvalue weighted by atomic mass is 16.5. The van der Waals surface area contributed by atoms with Gasteiger partial charge in [-0.1, -0.05) is 12.1 Å². The maximum absolute atomic E-state index is 10.1. The van der Waals surface area contributed by atoms with E-state index in [1.807, 2.05) is 23.0 Å². The fraction of sp³-hybridized carbons (Fsp3) is 0.458. The number of nitrogens with one attached hydrogen (secondary N) is 1. The van der Waals surface area contributed by atoms with Crippen LogP contribution >= 0.6 is 0 Å². The first-order valence-corrected chi connectivity index (χ1v) is 11.6. The zero-order chi connectivity index (χ0) is 22.6. The third kappa shape index (κ3) is 5.16. The lowest BCUT2D eigenvalue weighted by atomic mass is 9.91. The number of benzene rings is 1. The number of aromatic nitrogens is 4. The smallest absolute Gasteiger partial charge is 0.154 e. The summed E-state index contributed by atoms with van der Waals surface area (Å²) in [7, 11) is 0. The number of phenolic OH excluding ortho intramolecular Hbond substituents is 1. The fourth-order valence-corrected chi connectivity index (χ4v) is 4.36. The van der Waals surface area contributed by atoms with Gasteiger partial charge in [-0.15, -0.1) is 10.2 Å². The Morgan fingerprint density at radius 2 is 1.88 bits per heavy atom. The van der Waals surface area contributed by atoms with Crippen molar-refractivity contribution in [2.75, 3.05) is 25.4 Å². The highest BCUT2D eigenvalue weighted by Gasteiger charge is 2.32. The number of hydrogen-bond donors (Lipinski definition) is 3. The van der Waals surface area contributed by atoms with E-state index in [4.69, 9.17) is 15.2 Å². The predicted octanol–water partition coefficient (Wildman–Crippen LogP) is 2.61. The van der Waals surface area contributed by atoms with Crippen LogP contribution in [0.4, 0.5) is 5.82 Å². The Balaban J connectivity index is 1.13. The molecule has 1 aliphatic heterocycles. The van der Waals surface area contributed by atoms with Crippen LogP contribution in [-0.2, 0) is 16.0 Å². The van der Waals surface area contributed by atoms with Gasteiger partial charge >= 0.3 is 0 Å². The Bertz CT molecular complexity index is 1080. The Labute approximate surface area is 192 Å². The summed E-state index contributed by atoms with van der Waals surface area (Å²) in [4.78, 5) is 0. The molecular formula is C24H30N6O3. The first kappa shape index (κ1) is 21.8. The molecule has 3 heterocycles. The molecule has 5 rings (SSSR count). The fourth-order valence-electron chi connectivity index (χ4n) is 4.36. The summed E-state index contributed by atoms with van der Waals surface area (Å²) in [5.74, 6) is 0.467. The second-order valence-corrected chi connectivity index (χ2v) is 8.71. The van der Waals surface area contributed by atoms with Gasteiger partial charge in [0.2, 0.25) is 0 Å². The van der Waals surface area contributed by atoms with Gasteiger partial charge in [0, 0.05) is 22.9 Å². The van der Waals surface area contributed by atoms with Crippen LogP contribution in [0.3, 0.4) is 0 Å². The van der Waals surface area contributed by atoms with E-state index >= 15 is 0 Å². The van der Waals surface area contributed by atoms with Gasteiger partial charge < -0.3 is 25.6 Å². The van der Waals surface area contributed by atoms with E-state index in [1.165, 1.54) is 0 Å². The number of nitrogen functional groups attached to an aromatic ring is 1. The quantitative estimate of drug-likeness (QED) is 0.479. The molecule has 9 nitrogen and oxygen atoms in total. The number of nitrogens with zero attached hydrogens (tertiary/aromatic N) is 4. The molecule has 0 amide bonds. The molecular weight excluding hydrogens is 420 g/mol. The number of rotatable bonds is 8. The van der Waals surface area contributed by atoms with E-state index in [-0.39, 0.29) is 11.9 Å². The van der Waals surface area contributed by atoms with E-state index < -0.39 is 0 Å². The van der Waals surface area contributed by atoms with Crippen molar-refractivity contribution in [3.8, 4) is 28.1 Å². The van der Waals surface area contributed by atoms with Crippen molar-refractivity contribution in [3.05, 3.63) is 42.7 Å². The lowest BCUT2D eigenvalue weighted by molar-refractivity contribution is -0.131. The molecule has 0 radical (unpaired) electrons. The zero-order valence-electron chi connectivity index (χ0n) is 18.6. The van der Waals surface area contributed by atoms with Gasteiger partial charge in [-0.05, 0) is 57.0 Å². The second-order valence-electron chi connectivity index (χ2n) is 8.71. The van der Waals surface area contributed by atoms with Crippen molar-refractivity contribution in [2.45, 2.75) is 50.5 Å². The van der Waals surface area contributed by atoms with Crippen LogP contribution in [0.2, 0.25) is 0 Å². The summed E-state index contributed by atoms with van der Waals surface area (Å²) in [5, 5.41) is 26.1. The van der Waals surface area contributed by atoms with Crippen LogP contribution in [-0.4, -0.2) is 63.1 Å². The molecule has 0 atom stereocenters. The number of aromatic hydroxyl groups is 1. The molecule has 4 N–H and O–H groups in total. The number of phenols is 1. The van der Waals surface area contributed by atoms with E-state index in [0.717, 1.165) is 49.9 Å². The molecule has 1 aromatic carbocycles. The van der Waals surface area contributed by atoms with Gasteiger partial charge in [-0.25, -0.2) is 0 Å². The van der Waals surface area contributed by atoms with Crippen LogP contribution in [0.25, 0.3) is 22.4 Å². The Kier molecular flexibility index (Phi) is 6.52. The molecule has 9 heteroatoms. The van der Waals surface area contributed by atoms with Gasteiger partial charge in [0.25, 0.3) is 0 Å². The maximum atomic E-state index is 10.1. The van der Waals surface area contributed by atoms with Crippen molar-refractivity contribution in [2.24, 2.45) is 0 Å². The lowest BCUT2D eigenvalue weighted by Gasteiger charge is -2.38. The highest BCUT2D eigenvalue weighted by Crippen LogP contribution is 2.32. The van der Waals surface area contributed by atoms with Gasteiger partial charge in [-0.2, -0.15) is 5.10 Å². The van der Waals surface area contributed by atoms with E-state index in [9.17, 15) is 5.11 Å². The summed E-state index contributed by atoms with van der Waals surface area (Å²) < 4.78 is 14.0. The van der Waals surface area contributed by atoms with Gasteiger partial charge in [0.05, 0.1) is 43.4 Å². The van der Waals surface area contributed by atoms with Crippen molar-refractivity contribution in [1.82, 2.24) is 25.3 Å². The molecule has 0 unspecified atom stereocenters. The lowest BCUT2D eigenvalue weighted by Crippen LogP contribution is -2.42. The highest BCUT2D eigenvalue weighted by molar-refractivity contribution is 5.78. The molecule has 1 saturated heterocycles. The minimum absolute atomic E-state index is 0.148.